The van der Waals surface area contributed by atoms with Gasteiger partial charge in [-0.25, -0.2) is 4.39 Å². The van der Waals surface area contributed by atoms with Crippen molar-refractivity contribution in [2.24, 2.45) is 0 Å². The predicted octanol–water partition coefficient (Wildman–Crippen LogP) is 6.61. The maximum Gasteiger partial charge on any atom is 0.141 e. The molecule has 0 heterocycles. The van der Waals surface area contributed by atoms with Crippen molar-refractivity contribution in [2.45, 2.75) is 4.83 Å². The van der Waals surface area contributed by atoms with E-state index in [4.69, 9.17) is 4.74 Å². The van der Waals surface area contributed by atoms with Crippen LogP contribution in [0, 0.1) is 5.82 Å². The predicted molar refractivity (Wildman–Crippen MR) is 93.3 cm³/mol. The van der Waals surface area contributed by atoms with Gasteiger partial charge in [-0.2, -0.15) is 0 Å². The van der Waals surface area contributed by atoms with Gasteiger partial charge in [0, 0.05) is 20.6 Å². The molecule has 0 aliphatic rings. The lowest BCUT2D eigenvalue weighted by molar-refractivity contribution is 0.406. The second-order valence-electron chi connectivity index (χ2n) is 4.04. The van der Waals surface area contributed by atoms with Crippen molar-refractivity contribution >= 4 is 63.7 Å². The lowest BCUT2D eigenvalue weighted by Crippen LogP contribution is -1.99. The van der Waals surface area contributed by atoms with Gasteiger partial charge in [0.25, 0.3) is 0 Å². The van der Waals surface area contributed by atoms with Crippen LogP contribution in [0.15, 0.2) is 43.7 Å². The molecule has 0 aliphatic heterocycles. The van der Waals surface area contributed by atoms with Gasteiger partial charge in [-0.3, -0.25) is 0 Å². The van der Waals surface area contributed by atoms with Crippen LogP contribution in [0.1, 0.15) is 16.0 Å². The van der Waals surface area contributed by atoms with Crippen molar-refractivity contribution < 1.29 is 9.13 Å². The average molecular weight is 532 g/mol. The lowest BCUT2D eigenvalue weighted by Gasteiger charge is -2.17. The summed E-state index contributed by atoms with van der Waals surface area (Å²) in [5.74, 6) is 0.151. The molecule has 0 saturated heterocycles. The van der Waals surface area contributed by atoms with Crippen molar-refractivity contribution in [3.63, 3.8) is 0 Å². The highest BCUT2D eigenvalue weighted by Crippen LogP contribution is 2.42. The Morgan fingerprint density at radius 3 is 2.35 bits per heavy atom. The fourth-order valence-corrected chi connectivity index (χ4v) is 4.05. The van der Waals surface area contributed by atoms with E-state index < -0.39 is 0 Å². The van der Waals surface area contributed by atoms with Crippen LogP contribution in [0.4, 0.5) is 4.39 Å². The number of rotatable bonds is 3. The summed E-state index contributed by atoms with van der Waals surface area (Å²) in [5.41, 5.74) is 1.87. The van der Waals surface area contributed by atoms with Crippen molar-refractivity contribution in [3.05, 3.63) is 60.7 Å². The van der Waals surface area contributed by atoms with Crippen LogP contribution >= 0.6 is 63.7 Å². The van der Waals surface area contributed by atoms with Gasteiger partial charge in [-0.15, -0.1) is 0 Å². The van der Waals surface area contributed by atoms with Crippen molar-refractivity contribution in [2.75, 3.05) is 7.11 Å². The normalized spacial score (nSPS) is 12.3. The number of ether oxygens (including phenoxy) is 1. The molecule has 1 unspecified atom stereocenters. The first-order valence-corrected chi connectivity index (χ1v) is 8.85. The zero-order valence-corrected chi connectivity index (χ0v) is 16.6. The van der Waals surface area contributed by atoms with E-state index in [1.54, 1.807) is 6.07 Å². The van der Waals surface area contributed by atoms with Crippen LogP contribution in [0.5, 0.6) is 5.75 Å². The Labute approximate surface area is 150 Å². The molecule has 20 heavy (non-hydrogen) atoms. The van der Waals surface area contributed by atoms with E-state index in [1.807, 2.05) is 18.2 Å². The molecule has 0 saturated carbocycles. The van der Waals surface area contributed by atoms with E-state index in [0.717, 1.165) is 20.1 Å². The van der Waals surface area contributed by atoms with Crippen LogP contribution < -0.4 is 4.74 Å². The van der Waals surface area contributed by atoms with Gasteiger partial charge in [0.15, 0.2) is 0 Å². The Hall–Kier alpha value is 0.0900. The molecule has 1 atom stereocenters. The van der Waals surface area contributed by atoms with Gasteiger partial charge in [0.2, 0.25) is 0 Å². The molecule has 0 aromatic heterocycles. The zero-order valence-electron chi connectivity index (χ0n) is 10.3. The monoisotopic (exact) mass is 528 g/mol. The molecule has 0 fully saturated rings. The molecule has 2 aromatic carbocycles. The number of hydrogen-bond donors (Lipinski definition) is 0. The van der Waals surface area contributed by atoms with Crippen LogP contribution in [0.25, 0.3) is 0 Å². The van der Waals surface area contributed by atoms with E-state index in [2.05, 4.69) is 63.7 Å². The second-order valence-corrected chi connectivity index (χ2v) is 7.58. The largest absolute Gasteiger partial charge is 0.496 e. The first-order chi connectivity index (χ1) is 9.43. The molecule has 106 valence electrons. The van der Waals surface area contributed by atoms with Gasteiger partial charge in [-0.05, 0) is 45.8 Å². The molecule has 2 aromatic rings. The molecular weight excluding hydrogens is 523 g/mol. The number of alkyl halides is 1. The fraction of sp³-hybridized carbons (Fsp3) is 0.143. The first-order valence-electron chi connectivity index (χ1n) is 5.56. The van der Waals surface area contributed by atoms with E-state index in [-0.39, 0.29) is 10.6 Å². The molecular formula is C14H9Br4FO. The van der Waals surface area contributed by atoms with Crippen molar-refractivity contribution in [1.29, 1.82) is 0 Å². The first kappa shape index (κ1) is 16.5. The Morgan fingerprint density at radius 1 is 1.00 bits per heavy atom. The highest BCUT2D eigenvalue weighted by molar-refractivity contribution is 9.11. The molecule has 2 rings (SSSR count). The Kier molecular flexibility index (Phi) is 5.68. The van der Waals surface area contributed by atoms with Crippen molar-refractivity contribution in [1.82, 2.24) is 0 Å². The zero-order chi connectivity index (χ0) is 14.9. The van der Waals surface area contributed by atoms with E-state index in [9.17, 15) is 4.39 Å². The summed E-state index contributed by atoms with van der Waals surface area (Å²) < 4.78 is 21.2. The van der Waals surface area contributed by atoms with Gasteiger partial charge in [-0.1, -0.05) is 47.8 Å². The summed E-state index contributed by atoms with van der Waals surface area (Å²) in [7, 11) is 1.53. The number of halogens is 5. The summed E-state index contributed by atoms with van der Waals surface area (Å²) in [6.45, 7) is 0. The highest BCUT2D eigenvalue weighted by atomic mass is 79.9. The minimum Gasteiger partial charge on any atom is -0.496 e. The maximum absolute atomic E-state index is 13.6. The Bertz CT molecular complexity index is 645. The van der Waals surface area contributed by atoms with Gasteiger partial charge >= 0.3 is 0 Å². The van der Waals surface area contributed by atoms with E-state index >= 15 is 0 Å². The lowest BCUT2D eigenvalue weighted by atomic mass is 10.0. The Balaban J connectivity index is 2.55. The fourth-order valence-electron chi connectivity index (χ4n) is 1.80. The SMILES string of the molecule is COc1cc(F)c(Br)cc1C(Br)c1cc(Br)ccc1Br. The molecule has 0 aliphatic carbocycles. The average Bonchev–Trinajstić information content (AvgIpc) is 2.43. The summed E-state index contributed by atoms with van der Waals surface area (Å²) in [4.78, 5) is -0.124. The standard InChI is InChI=1S/C14H9Br4FO/c1-20-13-6-12(19)11(17)5-9(13)14(18)8-4-7(15)2-3-10(8)16/h2-6,14H,1H3. The Morgan fingerprint density at radius 2 is 1.70 bits per heavy atom. The smallest absolute Gasteiger partial charge is 0.141 e. The number of hydrogen-bond acceptors (Lipinski definition) is 1. The van der Waals surface area contributed by atoms with Gasteiger partial charge in [0.1, 0.15) is 11.6 Å². The second kappa shape index (κ2) is 6.90. The molecule has 0 amide bonds. The molecule has 6 heteroatoms. The third-order valence-electron chi connectivity index (χ3n) is 2.78. The molecule has 1 nitrogen and oxygen atoms in total. The van der Waals surface area contributed by atoms with Crippen LogP contribution in [-0.4, -0.2) is 7.11 Å². The number of benzene rings is 2. The summed E-state index contributed by atoms with van der Waals surface area (Å²) in [6.07, 6.45) is 0. The highest BCUT2D eigenvalue weighted by Gasteiger charge is 2.20. The van der Waals surface area contributed by atoms with Crippen LogP contribution in [0.2, 0.25) is 0 Å². The topological polar surface area (TPSA) is 9.23 Å². The number of methoxy groups -OCH3 is 1. The summed E-state index contributed by atoms with van der Waals surface area (Å²) in [6, 6.07) is 9.00. The minimum atomic E-state index is -0.349. The van der Waals surface area contributed by atoms with Gasteiger partial charge in [0.05, 0.1) is 16.4 Å². The third kappa shape index (κ3) is 3.46. The summed E-state index contributed by atoms with van der Waals surface area (Å²) in [5, 5.41) is 0. The molecule has 0 radical (unpaired) electrons. The third-order valence-corrected chi connectivity index (χ3v) is 5.59. The van der Waals surface area contributed by atoms with E-state index in [1.165, 1.54) is 13.2 Å². The van der Waals surface area contributed by atoms with Crippen LogP contribution in [-0.2, 0) is 0 Å². The van der Waals surface area contributed by atoms with E-state index in [0.29, 0.717) is 10.2 Å². The van der Waals surface area contributed by atoms with Crippen LogP contribution in [0.3, 0.4) is 0 Å². The van der Waals surface area contributed by atoms with Crippen molar-refractivity contribution in [3.8, 4) is 5.75 Å². The maximum atomic E-state index is 13.6. The molecule has 0 N–H and O–H groups in total. The molecule has 0 spiro atoms. The minimum absolute atomic E-state index is 0.124. The van der Waals surface area contributed by atoms with Gasteiger partial charge < -0.3 is 4.74 Å². The quantitative estimate of drug-likeness (QED) is 0.405. The summed E-state index contributed by atoms with van der Waals surface area (Å²) >= 11 is 13.9. The molecule has 0 bridgehead atoms.